The van der Waals surface area contributed by atoms with Crippen LogP contribution in [0.5, 0.6) is 0 Å². The normalized spacial score (nSPS) is 22.8. The topological polar surface area (TPSA) is 94.2 Å². The molecule has 3 aliphatic rings. The van der Waals surface area contributed by atoms with Crippen LogP contribution < -0.4 is 10.6 Å². The van der Waals surface area contributed by atoms with E-state index in [1.165, 1.54) is 30.2 Å². The summed E-state index contributed by atoms with van der Waals surface area (Å²) in [5.74, 6) is 0.847. The van der Waals surface area contributed by atoms with E-state index in [0.29, 0.717) is 29.0 Å². The van der Waals surface area contributed by atoms with Crippen molar-refractivity contribution in [1.29, 1.82) is 0 Å². The molecule has 2 aliphatic heterocycles. The maximum atomic E-state index is 13.3. The SMILES string of the molecule is CC(=O)/C(=C\c1cc2c3c(c1)CCCN3CCC2)OC(N)=Nc1ccccc1C(=O)OC1CC(C(C)C)CCC1C. The van der Waals surface area contributed by atoms with Crippen molar-refractivity contribution in [1.82, 2.24) is 0 Å². The number of nitrogens with two attached hydrogens (primary N) is 1. The van der Waals surface area contributed by atoms with Gasteiger partial charge >= 0.3 is 5.97 Å². The van der Waals surface area contributed by atoms with E-state index in [0.717, 1.165) is 57.2 Å². The number of anilines is 1. The van der Waals surface area contributed by atoms with Gasteiger partial charge in [-0.3, -0.25) is 4.79 Å². The average Bonchev–Trinajstić information content (AvgIpc) is 2.94. The van der Waals surface area contributed by atoms with E-state index in [1.54, 1.807) is 30.3 Å². The molecule has 2 N–H and O–H groups in total. The third-order valence-electron chi connectivity index (χ3n) is 8.93. The first-order valence-electron chi connectivity index (χ1n) is 15.1. The van der Waals surface area contributed by atoms with Crippen LogP contribution in [0.1, 0.15) is 86.8 Å². The third kappa shape index (κ3) is 6.66. The Morgan fingerprint density at radius 2 is 1.76 bits per heavy atom. The van der Waals surface area contributed by atoms with E-state index in [9.17, 15) is 9.59 Å². The summed E-state index contributed by atoms with van der Waals surface area (Å²) in [6, 6.07) is 11.0. The summed E-state index contributed by atoms with van der Waals surface area (Å²) in [7, 11) is 0. The van der Waals surface area contributed by atoms with Crippen molar-refractivity contribution in [2.24, 2.45) is 28.5 Å². The molecule has 2 aromatic carbocycles. The molecule has 1 fully saturated rings. The number of hydrogen-bond acceptors (Lipinski definition) is 6. The summed E-state index contributed by atoms with van der Waals surface area (Å²) >= 11 is 0. The van der Waals surface area contributed by atoms with E-state index in [-0.39, 0.29) is 23.7 Å². The first kappa shape index (κ1) is 28.9. The van der Waals surface area contributed by atoms with Crippen molar-refractivity contribution >= 4 is 35.2 Å². The largest absolute Gasteiger partial charge is 0.458 e. The van der Waals surface area contributed by atoms with Gasteiger partial charge in [0.15, 0.2) is 11.5 Å². The first-order chi connectivity index (χ1) is 19.7. The molecule has 5 rings (SSSR count). The van der Waals surface area contributed by atoms with Crippen LogP contribution in [-0.2, 0) is 27.1 Å². The number of carbonyl (C=O) groups is 2. The number of para-hydroxylation sites is 1. The van der Waals surface area contributed by atoms with Crippen LogP contribution in [-0.4, -0.2) is 37.0 Å². The van der Waals surface area contributed by atoms with Gasteiger partial charge in [-0.1, -0.05) is 32.9 Å². The highest BCUT2D eigenvalue weighted by molar-refractivity contribution is 5.99. The van der Waals surface area contributed by atoms with Crippen molar-refractivity contribution in [2.75, 3.05) is 18.0 Å². The molecule has 1 saturated carbocycles. The number of ketones is 1. The van der Waals surface area contributed by atoms with E-state index in [2.05, 4.69) is 42.8 Å². The van der Waals surface area contributed by atoms with Gasteiger partial charge in [-0.05, 0) is 110 Å². The van der Waals surface area contributed by atoms with Crippen LogP contribution in [0.15, 0.2) is 47.1 Å². The Balaban J connectivity index is 1.35. The number of allylic oxidation sites excluding steroid dienone is 1. The zero-order chi connectivity index (χ0) is 29.1. The summed E-state index contributed by atoms with van der Waals surface area (Å²) in [5, 5.41) is 0. The number of amidine groups is 1. The Morgan fingerprint density at radius 3 is 2.41 bits per heavy atom. The van der Waals surface area contributed by atoms with Crippen molar-refractivity contribution < 1.29 is 19.1 Å². The number of ether oxygens (including phenoxy) is 2. The van der Waals surface area contributed by atoms with Crippen LogP contribution in [0.4, 0.5) is 11.4 Å². The van der Waals surface area contributed by atoms with E-state index in [1.807, 2.05) is 0 Å². The lowest BCUT2D eigenvalue weighted by Crippen LogP contribution is -2.34. The van der Waals surface area contributed by atoms with Gasteiger partial charge in [0, 0.05) is 25.7 Å². The summed E-state index contributed by atoms with van der Waals surface area (Å²) < 4.78 is 11.8. The number of aryl methyl sites for hydroxylation is 2. The minimum Gasteiger partial charge on any atom is -0.458 e. The van der Waals surface area contributed by atoms with Gasteiger partial charge in [0.2, 0.25) is 0 Å². The van der Waals surface area contributed by atoms with Crippen molar-refractivity contribution in [3.63, 3.8) is 0 Å². The van der Waals surface area contributed by atoms with Crippen molar-refractivity contribution in [2.45, 2.75) is 78.7 Å². The maximum absolute atomic E-state index is 13.3. The fraction of sp³-hybridized carbons (Fsp3) is 0.500. The molecule has 2 heterocycles. The molecule has 0 saturated heterocycles. The number of hydrogen-bond donors (Lipinski definition) is 1. The molecule has 7 nitrogen and oxygen atoms in total. The zero-order valence-electron chi connectivity index (χ0n) is 24.8. The molecule has 218 valence electrons. The minimum absolute atomic E-state index is 0.109. The monoisotopic (exact) mass is 557 g/mol. The third-order valence-corrected chi connectivity index (χ3v) is 8.93. The van der Waals surface area contributed by atoms with E-state index >= 15 is 0 Å². The molecule has 0 radical (unpaired) electrons. The van der Waals surface area contributed by atoms with Gasteiger partial charge in [0.05, 0.1) is 11.3 Å². The van der Waals surface area contributed by atoms with E-state index < -0.39 is 5.97 Å². The Bertz CT molecular complexity index is 1330. The standard InChI is InChI=1S/C34H43N3O4/c1-21(2)25-14-13-22(3)30(20-25)40-33(39)28-11-5-6-12-29(28)36-34(35)41-31(23(4)38)19-24-17-26-9-7-15-37-16-8-10-27(18-24)32(26)37/h5-6,11-12,17-19,21-22,25,30H,7-10,13-16,20H2,1-4H3,(H2,35,36)/b31-19+. The lowest BCUT2D eigenvalue weighted by atomic mass is 9.76. The zero-order valence-corrected chi connectivity index (χ0v) is 24.8. The molecule has 0 amide bonds. The number of rotatable bonds is 7. The number of esters is 1. The Morgan fingerprint density at radius 1 is 1.07 bits per heavy atom. The number of carbonyl (C=O) groups excluding carboxylic acids is 2. The number of Topliss-reactive ketones (excluding diaryl/α,β-unsaturated/α-hetero) is 1. The smallest absolute Gasteiger partial charge is 0.340 e. The molecule has 0 aromatic heterocycles. The van der Waals surface area contributed by atoms with Crippen LogP contribution in [0.2, 0.25) is 0 Å². The molecule has 0 bridgehead atoms. The Hall–Kier alpha value is -3.61. The van der Waals surface area contributed by atoms with Gasteiger partial charge in [-0.25, -0.2) is 4.79 Å². The van der Waals surface area contributed by atoms with Gasteiger partial charge in [0.1, 0.15) is 6.10 Å². The average molecular weight is 558 g/mol. The first-order valence-corrected chi connectivity index (χ1v) is 15.1. The lowest BCUT2D eigenvalue weighted by molar-refractivity contribution is -0.115. The van der Waals surface area contributed by atoms with Crippen LogP contribution in [0, 0.1) is 17.8 Å². The number of benzene rings is 2. The predicted molar refractivity (Wildman–Crippen MR) is 163 cm³/mol. The molecule has 1 aliphatic carbocycles. The molecular formula is C34H43N3O4. The highest BCUT2D eigenvalue weighted by Crippen LogP contribution is 2.37. The van der Waals surface area contributed by atoms with Gasteiger partial charge in [0.25, 0.3) is 6.02 Å². The van der Waals surface area contributed by atoms with Crippen molar-refractivity contribution in [3.05, 3.63) is 64.4 Å². The number of nitrogens with zero attached hydrogens (tertiary/aromatic N) is 2. The van der Waals surface area contributed by atoms with Gasteiger partial charge in [-0.2, -0.15) is 4.99 Å². The Kier molecular flexibility index (Phi) is 8.81. The lowest BCUT2D eigenvalue weighted by Gasteiger charge is -2.37. The van der Waals surface area contributed by atoms with Crippen LogP contribution >= 0.6 is 0 Å². The van der Waals surface area contributed by atoms with Crippen molar-refractivity contribution in [3.8, 4) is 0 Å². The molecular weight excluding hydrogens is 514 g/mol. The van der Waals surface area contributed by atoms with Crippen LogP contribution in [0.25, 0.3) is 6.08 Å². The van der Waals surface area contributed by atoms with Gasteiger partial charge < -0.3 is 20.1 Å². The summed E-state index contributed by atoms with van der Waals surface area (Å²) in [5.41, 5.74) is 11.8. The molecule has 2 aromatic rings. The second-order valence-corrected chi connectivity index (χ2v) is 12.3. The molecule has 3 unspecified atom stereocenters. The predicted octanol–water partition coefficient (Wildman–Crippen LogP) is 6.60. The fourth-order valence-corrected chi connectivity index (χ4v) is 6.55. The second-order valence-electron chi connectivity index (χ2n) is 12.3. The highest BCUT2D eigenvalue weighted by Gasteiger charge is 2.32. The number of aliphatic imine (C=N–C) groups is 1. The second kappa shape index (κ2) is 12.5. The Labute approximate surface area is 243 Å². The summed E-state index contributed by atoms with van der Waals surface area (Å²) in [4.78, 5) is 32.7. The van der Waals surface area contributed by atoms with Crippen LogP contribution in [0.3, 0.4) is 0 Å². The molecule has 7 heteroatoms. The summed E-state index contributed by atoms with van der Waals surface area (Å²) in [6.45, 7) is 10.3. The maximum Gasteiger partial charge on any atom is 0.340 e. The highest BCUT2D eigenvalue weighted by atomic mass is 16.5. The molecule has 0 spiro atoms. The fourth-order valence-electron chi connectivity index (χ4n) is 6.55. The molecule has 41 heavy (non-hydrogen) atoms. The summed E-state index contributed by atoms with van der Waals surface area (Å²) in [6.07, 6.45) is 9.03. The minimum atomic E-state index is -0.419. The molecule has 3 atom stereocenters. The quantitative estimate of drug-likeness (QED) is 0.136. The van der Waals surface area contributed by atoms with E-state index in [4.69, 9.17) is 15.2 Å². The van der Waals surface area contributed by atoms with Gasteiger partial charge in [-0.15, -0.1) is 0 Å².